The number of benzene rings is 3. The molecule has 5 rings (SSSR count). The first kappa shape index (κ1) is 26.9. The van der Waals surface area contributed by atoms with Crippen LogP contribution in [0.1, 0.15) is 35.3 Å². The SMILES string of the molecule is C[C@@H](NC(=O)Oc1c2c(nn1-c1ccc(Cl)cc1Cl)/C(=C/c1ccc(F)cc1)CS(=O)(=O)C2)c1ccccc1. The highest BCUT2D eigenvalue weighted by atomic mass is 35.5. The summed E-state index contributed by atoms with van der Waals surface area (Å²) < 4.78 is 46.5. The van der Waals surface area contributed by atoms with Crippen LogP contribution in [0.4, 0.5) is 9.18 Å². The monoisotopic (exact) mass is 585 g/mol. The topological polar surface area (TPSA) is 90.3 Å². The van der Waals surface area contributed by atoms with Crippen molar-refractivity contribution in [3.05, 3.63) is 111 Å². The van der Waals surface area contributed by atoms with Crippen LogP contribution in [0, 0.1) is 5.82 Å². The molecule has 2 heterocycles. The van der Waals surface area contributed by atoms with E-state index in [1.165, 1.54) is 35.0 Å². The van der Waals surface area contributed by atoms with Crippen molar-refractivity contribution in [3.8, 4) is 11.6 Å². The number of fused-ring (bicyclic) bond motifs is 1. The van der Waals surface area contributed by atoms with Crippen LogP contribution in [0.3, 0.4) is 0 Å². The van der Waals surface area contributed by atoms with Crippen LogP contribution >= 0.6 is 23.2 Å². The van der Waals surface area contributed by atoms with Gasteiger partial charge >= 0.3 is 6.09 Å². The average molecular weight is 586 g/mol. The Hall–Kier alpha value is -3.66. The number of carbonyl (C=O) groups excluding carboxylic acids is 1. The van der Waals surface area contributed by atoms with E-state index in [4.69, 9.17) is 27.9 Å². The van der Waals surface area contributed by atoms with Gasteiger partial charge in [-0.3, -0.25) is 0 Å². The van der Waals surface area contributed by atoms with Crippen molar-refractivity contribution in [2.75, 3.05) is 5.75 Å². The number of hydrogen-bond donors (Lipinski definition) is 1. The van der Waals surface area contributed by atoms with Gasteiger partial charge in [0.05, 0.1) is 39.5 Å². The third-order valence-corrected chi connectivity index (χ3v) is 8.17. The highest BCUT2D eigenvalue weighted by Crippen LogP contribution is 2.39. The molecule has 0 spiro atoms. The summed E-state index contributed by atoms with van der Waals surface area (Å²) in [5, 5.41) is 8.01. The summed E-state index contributed by atoms with van der Waals surface area (Å²) in [6.07, 6.45) is 0.823. The second-order valence-corrected chi connectivity index (χ2v) is 12.0. The van der Waals surface area contributed by atoms with Crippen LogP contribution in [0.5, 0.6) is 5.88 Å². The Morgan fingerprint density at radius 3 is 2.49 bits per heavy atom. The summed E-state index contributed by atoms with van der Waals surface area (Å²) in [5.74, 6) is -1.19. The minimum atomic E-state index is -3.65. The molecule has 1 aliphatic heterocycles. The quantitative estimate of drug-likeness (QED) is 0.283. The lowest BCUT2D eigenvalue weighted by atomic mass is 10.1. The molecule has 7 nitrogen and oxygen atoms in total. The molecule has 0 bridgehead atoms. The number of amides is 1. The van der Waals surface area contributed by atoms with Gasteiger partial charge in [-0.15, -0.1) is 0 Å². The zero-order valence-corrected chi connectivity index (χ0v) is 22.9. The molecule has 39 heavy (non-hydrogen) atoms. The van der Waals surface area contributed by atoms with Crippen molar-refractivity contribution in [2.24, 2.45) is 0 Å². The van der Waals surface area contributed by atoms with Gasteiger partial charge in [0, 0.05) is 5.02 Å². The second-order valence-electron chi connectivity index (χ2n) is 9.06. The minimum Gasteiger partial charge on any atom is -0.391 e. The van der Waals surface area contributed by atoms with E-state index in [0.29, 0.717) is 27.5 Å². The van der Waals surface area contributed by atoms with Gasteiger partial charge < -0.3 is 10.1 Å². The maximum Gasteiger partial charge on any atom is 0.414 e. The Morgan fingerprint density at radius 1 is 1.08 bits per heavy atom. The number of nitrogens with zero attached hydrogens (tertiary/aromatic N) is 2. The summed E-state index contributed by atoms with van der Waals surface area (Å²) in [4.78, 5) is 13.0. The minimum absolute atomic E-state index is 0.0831. The fraction of sp³-hybridized carbons (Fsp3) is 0.143. The average Bonchev–Trinajstić information content (AvgIpc) is 3.22. The van der Waals surface area contributed by atoms with Gasteiger partial charge in [0.15, 0.2) is 9.84 Å². The molecular weight excluding hydrogens is 564 g/mol. The molecule has 0 saturated heterocycles. The second kappa shape index (κ2) is 10.8. The Morgan fingerprint density at radius 2 is 1.79 bits per heavy atom. The van der Waals surface area contributed by atoms with Gasteiger partial charge in [-0.2, -0.15) is 9.78 Å². The molecule has 0 fully saturated rings. The van der Waals surface area contributed by atoms with Crippen LogP contribution in [-0.4, -0.2) is 30.0 Å². The highest BCUT2D eigenvalue weighted by molar-refractivity contribution is 7.91. The lowest BCUT2D eigenvalue weighted by Gasteiger charge is -2.17. The highest BCUT2D eigenvalue weighted by Gasteiger charge is 2.34. The van der Waals surface area contributed by atoms with E-state index in [1.807, 2.05) is 30.3 Å². The largest absolute Gasteiger partial charge is 0.414 e. The van der Waals surface area contributed by atoms with Gasteiger partial charge in [-0.1, -0.05) is 65.7 Å². The van der Waals surface area contributed by atoms with Crippen molar-refractivity contribution in [3.63, 3.8) is 0 Å². The number of carbonyl (C=O) groups is 1. The van der Waals surface area contributed by atoms with Crippen molar-refractivity contribution in [2.45, 2.75) is 18.7 Å². The van der Waals surface area contributed by atoms with Crippen LogP contribution in [-0.2, 0) is 15.6 Å². The number of nitrogens with one attached hydrogen (secondary N) is 1. The number of rotatable bonds is 5. The van der Waals surface area contributed by atoms with Gasteiger partial charge in [-0.25, -0.2) is 17.6 Å². The Labute approximate surface area is 234 Å². The first-order valence-electron chi connectivity index (χ1n) is 11.9. The summed E-state index contributed by atoms with van der Waals surface area (Å²) in [6, 6.07) is 19.2. The summed E-state index contributed by atoms with van der Waals surface area (Å²) in [5.41, 5.74) is 2.70. The maximum atomic E-state index is 13.4. The van der Waals surface area contributed by atoms with Gasteiger partial charge in [-0.05, 0) is 60.0 Å². The van der Waals surface area contributed by atoms with Crippen LogP contribution in [0.15, 0.2) is 72.8 Å². The molecule has 1 aliphatic rings. The lowest BCUT2D eigenvalue weighted by Crippen LogP contribution is -2.30. The molecule has 3 aromatic carbocycles. The molecular formula is C28H22Cl2FN3O4S. The zero-order chi connectivity index (χ0) is 27.7. The number of ether oxygens (including phenoxy) is 1. The molecule has 0 aliphatic carbocycles. The van der Waals surface area contributed by atoms with E-state index in [2.05, 4.69) is 10.4 Å². The third-order valence-electron chi connectivity index (χ3n) is 6.15. The van der Waals surface area contributed by atoms with E-state index >= 15 is 0 Å². The molecule has 1 aromatic heterocycles. The zero-order valence-electron chi connectivity index (χ0n) is 20.6. The van der Waals surface area contributed by atoms with E-state index in [1.54, 1.807) is 25.1 Å². The molecule has 0 unspecified atom stereocenters. The predicted molar refractivity (Wildman–Crippen MR) is 149 cm³/mol. The molecule has 0 radical (unpaired) electrons. The smallest absolute Gasteiger partial charge is 0.391 e. The Bertz CT molecular complexity index is 1690. The molecule has 0 saturated carbocycles. The molecule has 1 N–H and O–H groups in total. The van der Waals surface area contributed by atoms with Gasteiger partial charge in [0.1, 0.15) is 5.82 Å². The molecule has 1 atom stereocenters. The first-order valence-corrected chi connectivity index (χ1v) is 14.4. The van der Waals surface area contributed by atoms with Crippen LogP contribution in [0.2, 0.25) is 10.0 Å². The molecule has 4 aromatic rings. The normalized spacial score (nSPS) is 15.9. The Kier molecular flexibility index (Phi) is 7.48. The third kappa shape index (κ3) is 6.00. The summed E-state index contributed by atoms with van der Waals surface area (Å²) in [6.45, 7) is 1.80. The fourth-order valence-corrected chi connectivity index (χ4v) is 6.29. The van der Waals surface area contributed by atoms with Gasteiger partial charge in [0.2, 0.25) is 5.88 Å². The molecule has 200 valence electrons. The number of hydrogen-bond acceptors (Lipinski definition) is 5. The summed E-state index contributed by atoms with van der Waals surface area (Å²) in [7, 11) is -3.65. The van der Waals surface area contributed by atoms with E-state index < -0.39 is 27.5 Å². The lowest BCUT2D eigenvalue weighted by molar-refractivity contribution is 0.193. The van der Waals surface area contributed by atoms with Gasteiger partial charge in [0.25, 0.3) is 0 Å². The van der Waals surface area contributed by atoms with Crippen molar-refractivity contribution < 1.29 is 22.3 Å². The Balaban J connectivity index is 1.61. The van der Waals surface area contributed by atoms with E-state index in [-0.39, 0.29) is 28.3 Å². The predicted octanol–water partition coefficient (Wildman–Crippen LogP) is 6.64. The molecule has 11 heteroatoms. The van der Waals surface area contributed by atoms with Crippen molar-refractivity contribution in [1.29, 1.82) is 0 Å². The standard InChI is InChI=1S/C28H22Cl2FN3O4S/c1-17(19-5-3-2-4-6-19)32-28(35)38-27-23-16-39(36,37)15-20(13-18-7-10-22(31)11-8-18)26(23)33-34(27)25-12-9-21(29)14-24(25)30/h2-14,17H,15-16H2,1H3,(H,32,35)/b20-13+/t17-/m1/s1. The fourth-order valence-electron chi connectivity index (χ4n) is 4.31. The first-order chi connectivity index (χ1) is 18.6. The molecule has 1 amide bonds. The number of halogens is 3. The van der Waals surface area contributed by atoms with Crippen molar-refractivity contribution >= 4 is 50.8 Å². The van der Waals surface area contributed by atoms with E-state index in [0.717, 1.165) is 5.56 Å². The maximum absolute atomic E-state index is 13.4. The number of aromatic nitrogens is 2. The van der Waals surface area contributed by atoms with Crippen LogP contribution in [0.25, 0.3) is 17.3 Å². The van der Waals surface area contributed by atoms with Crippen LogP contribution < -0.4 is 10.1 Å². The van der Waals surface area contributed by atoms with Crippen molar-refractivity contribution in [1.82, 2.24) is 15.1 Å². The van der Waals surface area contributed by atoms with E-state index in [9.17, 15) is 17.6 Å². The summed E-state index contributed by atoms with van der Waals surface area (Å²) >= 11 is 12.6. The number of sulfone groups is 1.